The van der Waals surface area contributed by atoms with Gasteiger partial charge in [-0.15, -0.1) is 0 Å². The van der Waals surface area contributed by atoms with Crippen molar-refractivity contribution >= 4 is 0 Å². The SMILES string of the molecule is Cc1cncc(CNCCCOCC2CC2)c1. The average Bonchev–Trinajstić information content (AvgIpc) is 3.12. The molecule has 0 radical (unpaired) electrons. The molecule has 1 heterocycles. The van der Waals surface area contributed by atoms with Crippen LogP contribution < -0.4 is 5.32 Å². The van der Waals surface area contributed by atoms with Crippen molar-refractivity contribution in [2.45, 2.75) is 32.7 Å². The molecule has 94 valence electrons. The lowest BCUT2D eigenvalue weighted by Crippen LogP contribution is -2.16. The topological polar surface area (TPSA) is 34.2 Å². The van der Waals surface area contributed by atoms with Crippen LogP contribution in [0.5, 0.6) is 0 Å². The Balaban J connectivity index is 1.47. The summed E-state index contributed by atoms with van der Waals surface area (Å²) in [5, 5.41) is 3.41. The first-order chi connectivity index (χ1) is 8.34. The van der Waals surface area contributed by atoms with Crippen LogP contribution in [-0.2, 0) is 11.3 Å². The Morgan fingerprint density at radius 1 is 1.41 bits per heavy atom. The number of nitrogens with zero attached hydrogens (tertiary/aromatic N) is 1. The number of rotatable bonds is 8. The van der Waals surface area contributed by atoms with Gasteiger partial charge in [0.2, 0.25) is 0 Å². The average molecular weight is 234 g/mol. The smallest absolute Gasteiger partial charge is 0.0494 e. The van der Waals surface area contributed by atoms with E-state index in [1.807, 2.05) is 12.4 Å². The third-order valence-electron chi connectivity index (χ3n) is 2.95. The second kappa shape index (κ2) is 6.72. The van der Waals surface area contributed by atoms with Crippen molar-refractivity contribution < 1.29 is 4.74 Å². The number of ether oxygens (including phenoxy) is 1. The molecule has 2 rings (SSSR count). The lowest BCUT2D eigenvalue weighted by Gasteiger charge is -2.06. The quantitative estimate of drug-likeness (QED) is 0.701. The molecule has 3 nitrogen and oxygen atoms in total. The zero-order valence-corrected chi connectivity index (χ0v) is 10.6. The van der Waals surface area contributed by atoms with Gasteiger partial charge in [-0.3, -0.25) is 4.98 Å². The first kappa shape index (κ1) is 12.5. The summed E-state index contributed by atoms with van der Waals surface area (Å²) in [4.78, 5) is 4.17. The van der Waals surface area contributed by atoms with E-state index in [0.717, 1.165) is 38.6 Å². The zero-order valence-electron chi connectivity index (χ0n) is 10.6. The Labute approximate surface area is 104 Å². The van der Waals surface area contributed by atoms with E-state index in [1.54, 1.807) is 0 Å². The van der Waals surface area contributed by atoms with Gasteiger partial charge in [-0.2, -0.15) is 0 Å². The molecule has 1 saturated carbocycles. The Morgan fingerprint density at radius 2 is 2.29 bits per heavy atom. The molecule has 1 aromatic rings. The van der Waals surface area contributed by atoms with Crippen molar-refractivity contribution in [3.8, 4) is 0 Å². The van der Waals surface area contributed by atoms with E-state index in [4.69, 9.17) is 4.74 Å². The fourth-order valence-corrected chi connectivity index (χ4v) is 1.78. The predicted octanol–water partition coefficient (Wildman–Crippen LogP) is 2.30. The highest BCUT2D eigenvalue weighted by atomic mass is 16.5. The summed E-state index contributed by atoms with van der Waals surface area (Å²) in [6.07, 6.45) is 7.64. The molecule has 3 heteroatoms. The minimum Gasteiger partial charge on any atom is -0.381 e. The molecule has 1 aliphatic rings. The van der Waals surface area contributed by atoms with Gasteiger partial charge in [-0.05, 0) is 49.8 Å². The predicted molar refractivity (Wildman–Crippen MR) is 68.8 cm³/mol. The van der Waals surface area contributed by atoms with Crippen molar-refractivity contribution in [1.82, 2.24) is 10.3 Å². The fourth-order valence-electron chi connectivity index (χ4n) is 1.78. The molecule has 17 heavy (non-hydrogen) atoms. The van der Waals surface area contributed by atoms with Gasteiger partial charge in [0.25, 0.3) is 0 Å². The molecule has 1 aliphatic carbocycles. The lowest BCUT2D eigenvalue weighted by molar-refractivity contribution is 0.122. The Bertz CT molecular complexity index is 337. The van der Waals surface area contributed by atoms with Crippen LogP contribution in [0.25, 0.3) is 0 Å². The standard InChI is InChI=1S/C14H22N2O/c1-12-7-14(10-16-8-12)9-15-5-2-6-17-11-13-3-4-13/h7-8,10,13,15H,2-6,9,11H2,1H3. The summed E-state index contributed by atoms with van der Waals surface area (Å²) in [5.41, 5.74) is 2.47. The van der Waals surface area contributed by atoms with Gasteiger partial charge in [0.1, 0.15) is 0 Å². The normalized spacial score (nSPS) is 15.1. The van der Waals surface area contributed by atoms with Crippen LogP contribution >= 0.6 is 0 Å². The molecular weight excluding hydrogens is 212 g/mol. The zero-order chi connectivity index (χ0) is 11.9. The number of hydrogen-bond donors (Lipinski definition) is 1. The van der Waals surface area contributed by atoms with Crippen LogP contribution in [-0.4, -0.2) is 24.7 Å². The molecule has 0 saturated heterocycles. The molecule has 1 aromatic heterocycles. The van der Waals surface area contributed by atoms with E-state index in [2.05, 4.69) is 23.3 Å². The summed E-state index contributed by atoms with van der Waals surface area (Å²) in [6.45, 7) is 5.84. The molecular formula is C14H22N2O. The van der Waals surface area contributed by atoms with E-state index in [-0.39, 0.29) is 0 Å². The van der Waals surface area contributed by atoms with Crippen LogP contribution in [0.1, 0.15) is 30.4 Å². The molecule has 1 N–H and O–H groups in total. The van der Waals surface area contributed by atoms with E-state index in [9.17, 15) is 0 Å². The van der Waals surface area contributed by atoms with Crippen molar-refractivity contribution in [3.05, 3.63) is 29.6 Å². The van der Waals surface area contributed by atoms with Crippen LogP contribution in [0.3, 0.4) is 0 Å². The number of aromatic nitrogens is 1. The van der Waals surface area contributed by atoms with Crippen molar-refractivity contribution in [2.75, 3.05) is 19.8 Å². The highest BCUT2D eigenvalue weighted by Crippen LogP contribution is 2.28. The van der Waals surface area contributed by atoms with Gasteiger partial charge < -0.3 is 10.1 Å². The fraction of sp³-hybridized carbons (Fsp3) is 0.643. The highest BCUT2D eigenvalue weighted by molar-refractivity contribution is 5.16. The molecule has 0 unspecified atom stereocenters. The minimum atomic E-state index is 0.876. The maximum atomic E-state index is 5.58. The van der Waals surface area contributed by atoms with Gasteiger partial charge >= 0.3 is 0 Å². The summed E-state index contributed by atoms with van der Waals surface area (Å²) >= 11 is 0. The van der Waals surface area contributed by atoms with Gasteiger partial charge in [0.15, 0.2) is 0 Å². The molecule has 0 amide bonds. The van der Waals surface area contributed by atoms with E-state index >= 15 is 0 Å². The van der Waals surface area contributed by atoms with Gasteiger partial charge in [-0.25, -0.2) is 0 Å². The van der Waals surface area contributed by atoms with Crippen molar-refractivity contribution in [2.24, 2.45) is 5.92 Å². The highest BCUT2D eigenvalue weighted by Gasteiger charge is 2.20. The molecule has 0 aliphatic heterocycles. The first-order valence-electron chi connectivity index (χ1n) is 6.53. The van der Waals surface area contributed by atoms with Crippen molar-refractivity contribution in [3.63, 3.8) is 0 Å². The second-order valence-electron chi connectivity index (χ2n) is 4.92. The van der Waals surface area contributed by atoms with Crippen LogP contribution in [0.15, 0.2) is 18.5 Å². The minimum absolute atomic E-state index is 0.876. The Hall–Kier alpha value is -0.930. The Morgan fingerprint density at radius 3 is 3.06 bits per heavy atom. The lowest BCUT2D eigenvalue weighted by atomic mass is 10.2. The summed E-state index contributed by atoms with van der Waals surface area (Å²) in [6, 6.07) is 2.17. The Kier molecular flexibility index (Phi) is 4.95. The monoisotopic (exact) mass is 234 g/mol. The number of pyridine rings is 1. The number of nitrogens with one attached hydrogen (secondary N) is 1. The van der Waals surface area contributed by atoms with Gasteiger partial charge in [0.05, 0.1) is 0 Å². The molecule has 1 fully saturated rings. The third-order valence-corrected chi connectivity index (χ3v) is 2.95. The van der Waals surface area contributed by atoms with E-state index in [0.29, 0.717) is 0 Å². The number of aryl methyl sites for hydroxylation is 1. The first-order valence-corrected chi connectivity index (χ1v) is 6.53. The summed E-state index contributed by atoms with van der Waals surface area (Å²) in [7, 11) is 0. The summed E-state index contributed by atoms with van der Waals surface area (Å²) in [5.74, 6) is 0.876. The molecule has 0 atom stereocenters. The van der Waals surface area contributed by atoms with E-state index < -0.39 is 0 Å². The number of hydrogen-bond acceptors (Lipinski definition) is 3. The molecule has 0 aromatic carbocycles. The molecule has 0 bridgehead atoms. The maximum Gasteiger partial charge on any atom is 0.0494 e. The van der Waals surface area contributed by atoms with Crippen molar-refractivity contribution in [1.29, 1.82) is 0 Å². The van der Waals surface area contributed by atoms with Crippen LogP contribution in [0.2, 0.25) is 0 Å². The van der Waals surface area contributed by atoms with Crippen LogP contribution in [0, 0.1) is 12.8 Å². The molecule has 0 spiro atoms. The van der Waals surface area contributed by atoms with Crippen LogP contribution in [0.4, 0.5) is 0 Å². The van der Waals surface area contributed by atoms with Gasteiger partial charge in [0, 0.05) is 32.2 Å². The summed E-state index contributed by atoms with van der Waals surface area (Å²) < 4.78 is 5.58. The van der Waals surface area contributed by atoms with E-state index in [1.165, 1.54) is 24.0 Å². The largest absolute Gasteiger partial charge is 0.381 e. The third kappa shape index (κ3) is 5.29. The van der Waals surface area contributed by atoms with Gasteiger partial charge in [-0.1, -0.05) is 6.07 Å². The second-order valence-corrected chi connectivity index (χ2v) is 4.92. The maximum absolute atomic E-state index is 5.58.